The first kappa shape index (κ1) is 18.0. The van der Waals surface area contributed by atoms with Gasteiger partial charge in [-0.25, -0.2) is 12.2 Å². The van der Waals surface area contributed by atoms with E-state index < -0.39 is 0 Å². The molecule has 90 valence electrons. The van der Waals surface area contributed by atoms with Crippen LogP contribution in [0, 0.1) is 13.0 Å². The first-order valence-corrected chi connectivity index (χ1v) is 5.72. The molecule has 0 fully saturated rings. The zero-order valence-corrected chi connectivity index (χ0v) is 11.9. The number of rotatable bonds is 0. The van der Waals surface area contributed by atoms with Crippen molar-refractivity contribution in [1.82, 2.24) is 0 Å². The third-order valence-electron chi connectivity index (χ3n) is 1.92. The SMILES string of the molecule is C1=CCCC=CCC1.[C-]1=CC=CC1.[CH2-]C.[Ru+2]. The van der Waals surface area contributed by atoms with E-state index in [0.29, 0.717) is 0 Å². The van der Waals surface area contributed by atoms with Crippen LogP contribution in [-0.4, -0.2) is 0 Å². The molecule has 16 heavy (non-hydrogen) atoms. The van der Waals surface area contributed by atoms with E-state index in [1.807, 2.05) is 12.2 Å². The Kier molecular flexibility index (Phi) is 19.1. The maximum Gasteiger partial charge on any atom is 2.00 e. The molecule has 0 atom stereocenters. The van der Waals surface area contributed by atoms with Crippen molar-refractivity contribution in [3.63, 3.8) is 0 Å². The molecule has 2 aliphatic rings. The molecule has 0 bridgehead atoms. The molecule has 0 aromatic carbocycles. The van der Waals surface area contributed by atoms with E-state index in [0.717, 1.165) is 6.42 Å². The van der Waals surface area contributed by atoms with Gasteiger partial charge in [-0.2, -0.15) is 13.0 Å². The van der Waals surface area contributed by atoms with Gasteiger partial charge in [0.2, 0.25) is 0 Å². The maximum absolute atomic E-state index is 3.25. The second-order valence-electron chi connectivity index (χ2n) is 3.10. The summed E-state index contributed by atoms with van der Waals surface area (Å²) in [5.41, 5.74) is 0. The van der Waals surface area contributed by atoms with Crippen molar-refractivity contribution < 1.29 is 19.5 Å². The predicted octanol–water partition coefficient (Wildman–Crippen LogP) is 4.82. The molecule has 0 radical (unpaired) electrons. The molecule has 0 saturated carbocycles. The zero-order valence-electron chi connectivity index (χ0n) is 10.1. The normalized spacial score (nSPS) is 15.9. The summed E-state index contributed by atoms with van der Waals surface area (Å²) in [5.74, 6) is 0. The maximum atomic E-state index is 3.25. The third kappa shape index (κ3) is 13.6. The van der Waals surface area contributed by atoms with Gasteiger partial charge in [-0.15, -0.1) is 6.42 Å². The minimum absolute atomic E-state index is 0. The van der Waals surface area contributed by atoms with Crippen molar-refractivity contribution in [2.45, 2.75) is 39.0 Å². The van der Waals surface area contributed by atoms with Gasteiger partial charge in [0.1, 0.15) is 0 Å². The van der Waals surface area contributed by atoms with Gasteiger partial charge in [-0.3, -0.25) is 6.08 Å². The Balaban J connectivity index is 0. The van der Waals surface area contributed by atoms with Crippen LogP contribution in [0.2, 0.25) is 0 Å². The van der Waals surface area contributed by atoms with E-state index in [1.54, 1.807) is 6.92 Å². The summed E-state index contributed by atoms with van der Waals surface area (Å²) in [6, 6.07) is 0. The molecule has 0 aliphatic heterocycles. The largest absolute Gasteiger partial charge is 2.00 e. The second-order valence-corrected chi connectivity index (χ2v) is 3.10. The molecule has 0 heterocycles. The number of hydrogen-bond acceptors (Lipinski definition) is 0. The quantitative estimate of drug-likeness (QED) is 0.342. The van der Waals surface area contributed by atoms with Gasteiger partial charge < -0.3 is 6.92 Å². The summed E-state index contributed by atoms with van der Waals surface area (Å²) in [7, 11) is 0. The zero-order chi connectivity index (χ0) is 11.2. The standard InChI is InChI=1S/C8H12.C5H5.C2H5.Ru/c1-2-4-6-8-7-5-3-1;1-2-4-5-3-1;1-2;/h1-2,7-8H,3-6H2;1-3H,4H2;1H2,2H3;/q;2*-1;+2. The molecule has 0 amide bonds. The molecule has 0 nitrogen and oxygen atoms in total. The van der Waals surface area contributed by atoms with E-state index in [2.05, 4.69) is 43.4 Å². The molecular formula is C15H22Ru. The average Bonchev–Trinajstić information content (AvgIpc) is 2.77. The van der Waals surface area contributed by atoms with Crippen LogP contribution in [0.5, 0.6) is 0 Å². The minimum atomic E-state index is 0. The molecule has 0 aromatic heterocycles. The summed E-state index contributed by atoms with van der Waals surface area (Å²) in [5, 5.41) is 0. The number of allylic oxidation sites excluding steroid dienone is 8. The van der Waals surface area contributed by atoms with Crippen molar-refractivity contribution >= 4 is 0 Å². The van der Waals surface area contributed by atoms with E-state index >= 15 is 0 Å². The van der Waals surface area contributed by atoms with Crippen molar-refractivity contribution in [2.75, 3.05) is 0 Å². The molecule has 0 saturated heterocycles. The Morgan fingerprint density at radius 3 is 1.44 bits per heavy atom. The summed E-state index contributed by atoms with van der Waals surface area (Å²) in [6.07, 6.45) is 24.0. The van der Waals surface area contributed by atoms with Crippen LogP contribution in [0.15, 0.2) is 42.5 Å². The van der Waals surface area contributed by atoms with Crippen LogP contribution in [0.25, 0.3) is 0 Å². The molecule has 0 aromatic rings. The molecule has 1 heteroatoms. The fourth-order valence-electron chi connectivity index (χ4n) is 1.20. The minimum Gasteiger partial charge on any atom is -0.346 e. The van der Waals surface area contributed by atoms with Gasteiger partial charge in [0, 0.05) is 0 Å². The first-order chi connectivity index (χ1) is 7.50. The molecule has 0 N–H and O–H groups in total. The molecule has 0 unspecified atom stereocenters. The van der Waals surface area contributed by atoms with Crippen LogP contribution < -0.4 is 0 Å². The van der Waals surface area contributed by atoms with E-state index in [-0.39, 0.29) is 19.5 Å². The van der Waals surface area contributed by atoms with Gasteiger partial charge in [-0.05, 0) is 25.7 Å². The fraction of sp³-hybridized carbons (Fsp3) is 0.400. The van der Waals surface area contributed by atoms with E-state index in [1.165, 1.54) is 25.7 Å². The molecule has 2 rings (SSSR count). The van der Waals surface area contributed by atoms with Crippen molar-refractivity contribution in [3.8, 4) is 0 Å². The molecule has 2 aliphatic carbocycles. The smallest absolute Gasteiger partial charge is 0.346 e. The Morgan fingerprint density at radius 1 is 0.812 bits per heavy atom. The van der Waals surface area contributed by atoms with Gasteiger partial charge >= 0.3 is 19.5 Å². The summed E-state index contributed by atoms with van der Waals surface area (Å²) in [6.45, 7) is 5.00. The second kappa shape index (κ2) is 17.0. The van der Waals surface area contributed by atoms with Crippen LogP contribution >= 0.6 is 0 Å². The topological polar surface area (TPSA) is 0 Å². The fourth-order valence-corrected chi connectivity index (χ4v) is 1.20. The van der Waals surface area contributed by atoms with Gasteiger partial charge in [0.15, 0.2) is 0 Å². The summed E-state index contributed by atoms with van der Waals surface area (Å²) < 4.78 is 0. The van der Waals surface area contributed by atoms with Gasteiger partial charge in [-0.1, -0.05) is 24.3 Å². The third-order valence-corrected chi connectivity index (χ3v) is 1.92. The van der Waals surface area contributed by atoms with Gasteiger partial charge in [0.05, 0.1) is 0 Å². The van der Waals surface area contributed by atoms with Crippen LogP contribution in [0.4, 0.5) is 0 Å². The Labute approximate surface area is 114 Å². The Hall–Kier alpha value is -0.417. The first-order valence-electron chi connectivity index (χ1n) is 5.72. The van der Waals surface area contributed by atoms with Crippen LogP contribution in [0.3, 0.4) is 0 Å². The van der Waals surface area contributed by atoms with Crippen LogP contribution in [-0.2, 0) is 19.5 Å². The van der Waals surface area contributed by atoms with E-state index in [9.17, 15) is 0 Å². The molecule has 0 spiro atoms. The summed E-state index contributed by atoms with van der Waals surface area (Å²) in [4.78, 5) is 0. The number of hydrogen-bond donors (Lipinski definition) is 0. The summed E-state index contributed by atoms with van der Waals surface area (Å²) >= 11 is 0. The Bertz CT molecular complexity index is 186. The monoisotopic (exact) mass is 304 g/mol. The predicted molar refractivity (Wildman–Crippen MR) is 69.3 cm³/mol. The van der Waals surface area contributed by atoms with Crippen molar-refractivity contribution in [1.29, 1.82) is 0 Å². The Morgan fingerprint density at radius 2 is 1.25 bits per heavy atom. The van der Waals surface area contributed by atoms with Gasteiger partial charge in [0.25, 0.3) is 0 Å². The van der Waals surface area contributed by atoms with Crippen molar-refractivity contribution in [3.05, 3.63) is 55.5 Å². The van der Waals surface area contributed by atoms with Crippen molar-refractivity contribution in [2.24, 2.45) is 0 Å². The van der Waals surface area contributed by atoms with Crippen LogP contribution in [0.1, 0.15) is 39.0 Å². The molecular weight excluding hydrogens is 281 g/mol. The van der Waals surface area contributed by atoms with E-state index in [4.69, 9.17) is 0 Å². The average molecular weight is 303 g/mol.